The molecule has 1 aliphatic rings. The van der Waals surface area contributed by atoms with E-state index >= 15 is 0 Å². The molecule has 1 aromatic heterocycles. The van der Waals surface area contributed by atoms with Crippen LogP contribution in [0.15, 0.2) is 11.1 Å². The second-order valence-corrected chi connectivity index (χ2v) is 6.76. The minimum atomic E-state index is -0.116. The van der Waals surface area contributed by atoms with Gasteiger partial charge in [0, 0.05) is 17.7 Å². The molecule has 1 aliphatic carbocycles. The Bertz CT molecular complexity index is 472. The van der Waals surface area contributed by atoms with Crippen LogP contribution in [-0.4, -0.2) is 27.2 Å². The lowest BCUT2D eigenvalue weighted by atomic mass is 10.2. The fraction of sp³-hybridized carbons (Fsp3) is 0.643. The molecule has 0 aromatic carbocycles. The van der Waals surface area contributed by atoms with E-state index in [1.807, 2.05) is 19.9 Å². The molecule has 1 amide bonds. The number of carbonyl (C=O) groups excluding carboxylic acids is 1. The first-order valence-electron chi connectivity index (χ1n) is 6.78. The Balaban J connectivity index is 2.02. The van der Waals surface area contributed by atoms with Crippen LogP contribution in [0.2, 0.25) is 0 Å². The molecule has 1 atom stereocenters. The van der Waals surface area contributed by atoms with Crippen LogP contribution in [0, 0.1) is 6.92 Å². The summed E-state index contributed by atoms with van der Waals surface area (Å²) in [5.74, 6) is 1.25. The summed E-state index contributed by atoms with van der Waals surface area (Å²) in [7, 11) is 0. The maximum atomic E-state index is 11.9. The lowest BCUT2D eigenvalue weighted by Crippen LogP contribution is -2.32. The van der Waals surface area contributed by atoms with Crippen LogP contribution in [0.1, 0.15) is 51.0 Å². The Labute approximate surface area is 118 Å². The minimum absolute atomic E-state index is 0.106. The number of rotatable bonds is 5. The van der Waals surface area contributed by atoms with Gasteiger partial charge in [-0.3, -0.25) is 4.79 Å². The third kappa shape index (κ3) is 4.20. The van der Waals surface area contributed by atoms with Gasteiger partial charge >= 0.3 is 0 Å². The van der Waals surface area contributed by atoms with Gasteiger partial charge in [0.2, 0.25) is 5.91 Å². The van der Waals surface area contributed by atoms with Gasteiger partial charge in [-0.15, -0.1) is 0 Å². The molecule has 1 N–H and O–H groups in total. The normalized spacial score (nSPS) is 16.5. The van der Waals surface area contributed by atoms with E-state index in [1.165, 1.54) is 11.8 Å². The van der Waals surface area contributed by atoms with Gasteiger partial charge in [0.05, 0.1) is 5.25 Å². The zero-order chi connectivity index (χ0) is 14.0. The largest absolute Gasteiger partial charge is 0.352 e. The first-order chi connectivity index (χ1) is 8.95. The minimum Gasteiger partial charge on any atom is -0.352 e. The lowest BCUT2D eigenvalue weighted by molar-refractivity contribution is -0.120. The molecule has 0 bridgehead atoms. The fourth-order valence-electron chi connectivity index (χ4n) is 1.66. The third-order valence-corrected chi connectivity index (χ3v) is 3.97. The number of nitrogens with one attached hydrogen (secondary N) is 1. The number of hydrogen-bond acceptors (Lipinski definition) is 4. The number of amides is 1. The average Bonchev–Trinajstić information content (AvgIpc) is 3.11. The van der Waals surface area contributed by atoms with E-state index in [-0.39, 0.29) is 11.2 Å². The Kier molecular flexibility index (Phi) is 4.45. The molecular weight excluding hydrogens is 258 g/mol. The first kappa shape index (κ1) is 14.3. The van der Waals surface area contributed by atoms with Crippen LogP contribution in [0.5, 0.6) is 0 Å². The van der Waals surface area contributed by atoms with Gasteiger partial charge in [-0.25, -0.2) is 9.97 Å². The average molecular weight is 279 g/mol. The summed E-state index contributed by atoms with van der Waals surface area (Å²) in [6, 6.07) is 2.35. The van der Waals surface area contributed by atoms with Crippen LogP contribution in [0.4, 0.5) is 0 Å². The molecule has 1 saturated carbocycles. The number of aryl methyl sites for hydroxylation is 1. The molecule has 1 heterocycles. The van der Waals surface area contributed by atoms with Crippen LogP contribution < -0.4 is 5.32 Å². The van der Waals surface area contributed by atoms with E-state index in [2.05, 4.69) is 29.1 Å². The van der Waals surface area contributed by atoms with E-state index in [0.717, 1.165) is 29.4 Å². The molecule has 2 rings (SSSR count). The third-order valence-electron chi connectivity index (χ3n) is 2.95. The predicted molar refractivity (Wildman–Crippen MR) is 77.3 cm³/mol. The quantitative estimate of drug-likeness (QED) is 0.665. The highest BCUT2D eigenvalue weighted by atomic mass is 32.2. The summed E-state index contributed by atoms with van der Waals surface area (Å²) < 4.78 is 0. The maximum Gasteiger partial charge on any atom is 0.233 e. The number of aromatic nitrogens is 2. The molecule has 0 saturated heterocycles. The Morgan fingerprint density at radius 1 is 1.37 bits per heavy atom. The molecule has 19 heavy (non-hydrogen) atoms. The molecule has 1 fully saturated rings. The highest BCUT2D eigenvalue weighted by Crippen LogP contribution is 2.25. The van der Waals surface area contributed by atoms with Crippen LogP contribution in [-0.2, 0) is 4.79 Å². The van der Waals surface area contributed by atoms with E-state index in [4.69, 9.17) is 0 Å². The van der Waals surface area contributed by atoms with Gasteiger partial charge in [0.1, 0.15) is 10.9 Å². The number of nitrogens with zero attached hydrogens (tertiary/aromatic N) is 2. The first-order valence-corrected chi connectivity index (χ1v) is 7.66. The monoisotopic (exact) mass is 279 g/mol. The smallest absolute Gasteiger partial charge is 0.233 e. The maximum absolute atomic E-state index is 11.9. The molecule has 104 valence electrons. The van der Waals surface area contributed by atoms with Crippen LogP contribution >= 0.6 is 11.8 Å². The number of thioether (sulfide) groups is 1. The SMILES string of the molecule is Cc1cc(S[C@H](C)C(=O)NC2CC2)nc(C(C)C)n1. The molecule has 0 aliphatic heterocycles. The van der Waals surface area contributed by atoms with Crippen molar-refractivity contribution in [3.05, 3.63) is 17.6 Å². The summed E-state index contributed by atoms with van der Waals surface area (Å²) in [6.45, 7) is 8.04. The molecule has 5 heteroatoms. The second-order valence-electron chi connectivity index (χ2n) is 5.40. The molecular formula is C14H21N3OS. The van der Waals surface area contributed by atoms with Gasteiger partial charge in [0.15, 0.2) is 0 Å². The molecule has 0 unspecified atom stereocenters. The van der Waals surface area contributed by atoms with Crippen molar-refractivity contribution in [3.63, 3.8) is 0 Å². The van der Waals surface area contributed by atoms with Crippen LogP contribution in [0.3, 0.4) is 0 Å². The fourth-order valence-corrected chi connectivity index (χ4v) is 2.58. The standard InChI is InChI=1S/C14H21N3OS/c1-8(2)13-15-9(3)7-12(17-13)19-10(4)14(18)16-11-5-6-11/h7-8,10-11H,5-6H2,1-4H3,(H,16,18)/t10-/m1/s1. The van der Waals surface area contributed by atoms with E-state index in [0.29, 0.717) is 12.0 Å². The topological polar surface area (TPSA) is 54.9 Å². The van der Waals surface area contributed by atoms with Crippen molar-refractivity contribution in [2.24, 2.45) is 0 Å². The number of carbonyl (C=O) groups is 1. The van der Waals surface area contributed by atoms with Gasteiger partial charge in [-0.1, -0.05) is 25.6 Å². The Morgan fingerprint density at radius 2 is 2.05 bits per heavy atom. The van der Waals surface area contributed by atoms with Crippen molar-refractivity contribution in [2.45, 2.75) is 62.8 Å². The van der Waals surface area contributed by atoms with Crippen LogP contribution in [0.25, 0.3) is 0 Å². The highest BCUT2D eigenvalue weighted by Gasteiger charge is 2.26. The van der Waals surface area contributed by atoms with Gasteiger partial charge < -0.3 is 5.32 Å². The summed E-state index contributed by atoms with van der Waals surface area (Å²) in [5.41, 5.74) is 0.955. The van der Waals surface area contributed by atoms with Crippen molar-refractivity contribution in [2.75, 3.05) is 0 Å². The van der Waals surface area contributed by atoms with E-state index in [9.17, 15) is 4.79 Å². The summed E-state index contributed by atoms with van der Waals surface area (Å²) in [6.07, 6.45) is 2.24. The molecule has 0 radical (unpaired) electrons. The van der Waals surface area contributed by atoms with Gasteiger partial charge in [-0.2, -0.15) is 0 Å². The van der Waals surface area contributed by atoms with Crippen molar-refractivity contribution in [3.8, 4) is 0 Å². The Hall–Kier alpha value is -1.10. The van der Waals surface area contributed by atoms with Gasteiger partial charge in [0.25, 0.3) is 0 Å². The van der Waals surface area contributed by atoms with E-state index < -0.39 is 0 Å². The van der Waals surface area contributed by atoms with E-state index in [1.54, 1.807) is 0 Å². The summed E-state index contributed by atoms with van der Waals surface area (Å²) in [5, 5.41) is 3.79. The zero-order valence-corrected chi connectivity index (χ0v) is 12.8. The van der Waals surface area contributed by atoms with Crippen molar-refractivity contribution < 1.29 is 4.79 Å². The van der Waals surface area contributed by atoms with Gasteiger partial charge in [-0.05, 0) is 32.8 Å². The van der Waals surface area contributed by atoms with Crippen molar-refractivity contribution in [1.82, 2.24) is 15.3 Å². The zero-order valence-electron chi connectivity index (χ0n) is 11.9. The summed E-state index contributed by atoms with van der Waals surface area (Å²) in [4.78, 5) is 20.9. The van der Waals surface area contributed by atoms with Crippen molar-refractivity contribution in [1.29, 1.82) is 0 Å². The lowest BCUT2D eigenvalue weighted by Gasteiger charge is -2.12. The van der Waals surface area contributed by atoms with Crippen molar-refractivity contribution >= 4 is 17.7 Å². The number of hydrogen-bond donors (Lipinski definition) is 1. The molecule has 0 spiro atoms. The predicted octanol–water partition coefficient (Wildman–Crippen LogP) is 2.67. The highest BCUT2D eigenvalue weighted by molar-refractivity contribution is 8.00. The molecule has 4 nitrogen and oxygen atoms in total. The summed E-state index contributed by atoms with van der Waals surface area (Å²) >= 11 is 1.50. The Morgan fingerprint density at radius 3 is 2.63 bits per heavy atom. The molecule has 1 aromatic rings. The second kappa shape index (κ2) is 5.90.